The van der Waals surface area contributed by atoms with Gasteiger partial charge in [0.15, 0.2) is 5.78 Å². The third kappa shape index (κ3) is 4.16. The van der Waals surface area contributed by atoms with Crippen LogP contribution in [0, 0.1) is 5.82 Å². The third-order valence-corrected chi connectivity index (χ3v) is 5.58. The molecule has 2 aromatic carbocycles. The third-order valence-electron chi connectivity index (χ3n) is 5.58. The summed E-state index contributed by atoms with van der Waals surface area (Å²) in [5.74, 6) is -2.03. The normalized spacial score (nSPS) is 12.7. The lowest BCUT2D eigenvalue weighted by atomic mass is 10.0. The van der Waals surface area contributed by atoms with E-state index >= 15 is 0 Å². The van der Waals surface area contributed by atoms with Crippen molar-refractivity contribution in [2.45, 2.75) is 12.7 Å². The molecule has 0 fully saturated rings. The lowest BCUT2D eigenvalue weighted by Crippen LogP contribution is -2.37. The number of benzene rings is 2. The lowest BCUT2D eigenvalue weighted by Gasteiger charge is -2.32. The van der Waals surface area contributed by atoms with Crippen LogP contribution in [0.25, 0.3) is 11.4 Å². The SMILES string of the molecule is O=C(CN1c2ccccc2Cn2c1nc(-c1ccncn1)cc2=O)c1ccc(C(F)(F)F)c(F)c1. The fourth-order valence-corrected chi connectivity index (χ4v) is 3.92. The molecule has 7 nitrogen and oxygen atoms in total. The van der Waals surface area contributed by atoms with E-state index in [1.807, 2.05) is 0 Å². The zero-order valence-corrected chi connectivity index (χ0v) is 17.8. The number of carbonyl (C=O) groups is 1. The van der Waals surface area contributed by atoms with E-state index in [0.29, 0.717) is 23.5 Å². The minimum atomic E-state index is -4.88. The number of hydrogen-bond acceptors (Lipinski definition) is 6. The summed E-state index contributed by atoms with van der Waals surface area (Å²) in [5.41, 5.74) is -0.0671. The number of para-hydroxylation sites is 1. The molecule has 1 aliphatic heterocycles. The standard InChI is InChI=1S/C24H15F4N5O2/c25-17-9-14(5-6-16(17)24(26,27)28)21(34)12-32-20-4-2-1-3-15(20)11-33-22(35)10-19(31-23(32)33)18-7-8-29-13-30-18/h1-10,13H,11-12H2. The molecule has 4 aromatic rings. The molecule has 35 heavy (non-hydrogen) atoms. The van der Waals surface area contributed by atoms with Crippen LogP contribution in [0.4, 0.5) is 29.2 Å². The van der Waals surface area contributed by atoms with E-state index in [9.17, 15) is 27.2 Å². The zero-order chi connectivity index (χ0) is 24.7. The van der Waals surface area contributed by atoms with Gasteiger partial charge in [-0.2, -0.15) is 13.2 Å². The van der Waals surface area contributed by atoms with E-state index in [1.165, 1.54) is 28.1 Å². The molecular weight excluding hydrogens is 466 g/mol. The van der Waals surface area contributed by atoms with E-state index in [1.54, 1.807) is 30.3 Å². The zero-order valence-electron chi connectivity index (χ0n) is 17.8. The number of nitrogens with zero attached hydrogens (tertiary/aromatic N) is 5. The fourth-order valence-electron chi connectivity index (χ4n) is 3.92. The van der Waals surface area contributed by atoms with Gasteiger partial charge < -0.3 is 4.90 Å². The molecule has 0 saturated heterocycles. The highest BCUT2D eigenvalue weighted by Gasteiger charge is 2.34. The molecule has 0 saturated carbocycles. The van der Waals surface area contributed by atoms with Gasteiger partial charge >= 0.3 is 6.18 Å². The van der Waals surface area contributed by atoms with Gasteiger partial charge in [0.2, 0.25) is 5.95 Å². The number of Topliss-reactive ketones (excluding diaryl/α,β-unsaturated/α-hetero) is 1. The van der Waals surface area contributed by atoms with Gasteiger partial charge in [-0.3, -0.25) is 14.2 Å². The number of alkyl halides is 3. The van der Waals surface area contributed by atoms with Crippen molar-refractivity contribution in [2.75, 3.05) is 11.4 Å². The summed E-state index contributed by atoms with van der Waals surface area (Å²) >= 11 is 0. The summed E-state index contributed by atoms with van der Waals surface area (Å²) in [7, 11) is 0. The summed E-state index contributed by atoms with van der Waals surface area (Å²) in [4.78, 5) is 40.0. The molecule has 3 heterocycles. The average molecular weight is 481 g/mol. The molecule has 0 atom stereocenters. The molecule has 0 N–H and O–H groups in total. The Morgan fingerprint density at radius 3 is 2.54 bits per heavy atom. The van der Waals surface area contributed by atoms with Crippen molar-refractivity contribution < 1.29 is 22.4 Å². The quantitative estimate of drug-likeness (QED) is 0.321. The van der Waals surface area contributed by atoms with Crippen LogP contribution in [0.5, 0.6) is 0 Å². The Morgan fingerprint density at radius 1 is 1.03 bits per heavy atom. The predicted molar refractivity (Wildman–Crippen MR) is 118 cm³/mol. The van der Waals surface area contributed by atoms with Crippen LogP contribution < -0.4 is 10.5 Å². The predicted octanol–water partition coefficient (Wildman–Crippen LogP) is 4.24. The first-order chi connectivity index (χ1) is 16.7. The van der Waals surface area contributed by atoms with Gasteiger partial charge in [-0.15, -0.1) is 0 Å². The first-order valence-corrected chi connectivity index (χ1v) is 10.4. The number of rotatable bonds is 4. The Morgan fingerprint density at radius 2 is 1.83 bits per heavy atom. The van der Waals surface area contributed by atoms with Gasteiger partial charge in [0.25, 0.3) is 5.56 Å². The van der Waals surface area contributed by atoms with Gasteiger partial charge in [0.1, 0.15) is 12.1 Å². The number of carbonyl (C=O) groups excluding carboxylic acids is 1. The second-order valence-corrected chi connectivity index (χ2v) is 7.79. The van der Waals surface area contributed by atoms with Gasteiger partial charge in [0, 0.05) is 23.5 Å². The Balaban J connectivity index is 1.58. The molecule has 2 aromatic heterocycles. The minimum Gasteiger partial charge on any atom is -0.304 e. The Kier molecular flexibility index (Phi) is 5.39. The Hall–Kier alpha value is -4.41. The smallest absolute Gasteiger partial charge is 0.304 e. The number of fused-ring (bicyclic) bond motifs is 2. The molecule has 0 amide bonds. The van der Waals surface area contributed by atoms with Crippen molar-refractivity contribution in [1.29, 1.82) is 0 Å². The molecule has 0 aliphatic carbocycles. The largest absolute Gasteiger partial charge is 0.419 e. The van der Waals surface area contributed by atoms with Gasteiger partial charge in [-0.25, -0.2) is 19.3 Å². The van der Waals surface area contributed by atoms with Crippen LogP contribution in [-0.4, -0.2) is 31.8 Å². The molecule has 5 rings (SSSR count). The second kappa shape index (κ2) is 8.42. The average Bonchev–Trinajstić information content (AvgIpc) is 2.84. The Bertz CT molecular complexity index is 1500. The van der Waals surface area contributed by atoms with Gasteiger partial charge in [-0.05, 0) is 29.8 Å². The number of anilines is 2. The second-order valence-electron chi connectivity index (χ2n) is 7.79. The lowest BCUT2D eigenvalue weighted by molar-refractivity contribution is -0.140. The molecule has 0 bridgehead atoms. The summed E-state index contributed by atoms with van der Waals surface area (Å²) in [6.07, 6.45) is -2.07. The van der Waals surface area contributed by atoms with Crippen molar-refractivity contribution in [2.24, 2.45) is 0 Å². The molecule has 0 radical (unpaired) electrons. The molecular formula is C24H15F4N5O2. The topological polar surface area (TPSA) is 81.0 Å². The van der Waals surface area contributed by atoms with Crippen LogP contribution in [0.1, 0.15) is 21.5 Å². The monoisotopic (exact) mass is 481 g/mol. The van der Waals surface area contributed by atoms with E-state index in [0.717, 1.165) is 11.6 Å². The van der Waals surface area contributed by atoms with Crippen LogP contribution in [0.3, 0.4) is 0 Å². The number of ketones is 1. The highest BCUT2D eigenvalue weighted by molar-refractivity contribution is 6.00. The summed E-state index contributed by atoms with van der Waals surface area (Å²) in [5, 5.41) is 0. The molecule has 0 spiro atoms. The Labute approximate surface area is 195 Å². The number of halogens is 4. The van der Waals surface area contributed by atoms with Crippen molar-refractivity contribution in [3.05, 3.63) is 100.0 Å². The molecule has 176 valence electrons. The van der Waals surface area contributed by atoms with Crippen LogP contribution in [-0.2, 0) is 12.7 Å². The summed E-state index contributed by atoms with van der Waals surface area (Å²) in [6, 6.07) is 12.0. The van der Waals surface area contributed by atoms with E-state index in [-0.39, 0.29) is 35.9 Å². The van der Waals surface area contributed by atoms with E-state index < -0.39 is 23.3 Å². The van der Waals surface area contributed by atoms with Crippen molar-refractivity contribution in [3.63, 3.8) is 0 Å². The van der Waals surface area contributed by atoms with Crippen LogP contribution in [0.15, 0.2) is 71.9 Å². The van der Waals surface area contributed by atoms with Gasteiger partial charge in [-0.1, -0.05) is 24.3 Å². The van der Waals surface area contributed by atoms with E-state index in [2.05, 4.69) is 15.0 Å². The molecule has 0 unspecified atom stereocenters. The summed E-state index contributed by atoms with van der Waals surface area (Å²) in [6.45, 7) is -0.178. The number of hydrogen-bond donors (Lipinski definition) is 0. The number of aromatic nitrogens is 4. The maximum Gasteiger partial charge on any atom is 0.419 e. The summed E-state index contributed by atoms with van der Waals surface area (Å²) < 4.78 is 54.2. The van der Waals surface area contributed by atoms with Crippen LogP contribution in [0.2, 0.25) is 0 Å². The first kappa shape index (κ1) is 22.4. The highest BCUT2D eigenvalue weighted by atomic mass is 19.4. The molecule has 11 heteroatoms. The maximum atomic E-state index is 14.1. The minimum absolute atomic E-state index is 0.158. The first-order valence-electron chi connectivity index (χ1n) is 10.4. The van der Waals surface area contributed by atoms with Crippen molar-refractivity contribution in [3.8, 4) is 11.4 Å². The fraction of sp³-hybridized carbons (Fsp3) is 0.125. The maximum absolute atomic E-state index is 14.1. The molecule has 1 aliphatic rings. The van der Waals surface area contributed by atoms with Crippen LogP contribution >= 0.6 is 0 Å². The van der Waals surface area contributed by atoms with Crippen molar-refractivity contribution >= 4 is 17.4 Å². The highest BCUT2D eigenvalue weighted by Crippen LogP contribution is 2.34. The van der Waals surface area contributed by atoms with Crippen molar-refractivity contribution in [1.82, 2.24) is 19.5 Å². The van der Waals surface area contributed by atoms with E-state index in [4.69, 9.17) is 0 Å². The van der Waals surface area contributed by atoms with Gasteiger partial charge in [0.05, 0.1) is 30.0 Å².